The first-order valence-electron chi connectivity index (χ1n) is 8.76. The lowest BCUT2D eigenvalue weighted by molar-refractivity contribution is -0.113. The number of carbonyl (C=O) groups is 1. The van der Waals surface area contributed by atoms with Gasteiger partial charge < -0.3 is 14.5 Å². The molecule has 0 saturated carbocycles. The van der Waals surface area contributed by atoms with E-state index in [1.165, 1.54) is 17.3 Å². The first-order valence-corrected chi connectivity index (χ1v) is 10.1. The second-order valence-corrected chi connectivity index (χ2v) is 7.41. The van der Waals surface area contributed by atoms with Crippen LogP contribution in [0.25, 0.3) is 0 Å². The summed E-state index contributed by atoms with van der Waals surface area (Å²) in [6, 6.07) is 13.2. The molecule has 0 atom stereocenters. The molecule has 0 saturated heterocycles. The minimum Gasteiger partial charge on any atom is -0.484 e. The Morgan fingerprint density at radius 2 is 2.00 bits per heavy atom. The van der Waals surface area contributed by atoms with Crippen LogP contribution in [0.15, 0.2) is 52.1 Å². The summed E-state index contributed by atoms with van der Waals surface area (Å²) in [6.07, 6.45) is 0.982. The van der Waals surface area contributed by atoms with Gasteiger partial charge in [0.15, 0.2) is 6.61 Å². The van der Waals surface area contributed by atoms with Crippen LogP contribution in [0.5, 0.6) is 5.75 Å². The van der Waals surface area contributed by atoms with Crippen LogP contribution < -0.4 is 10.1 Å². The summed E-state index contributed by atoms with van der Waals surface area (Å²) < 4.78 is 11.1. The lowest BCUT2D eigenvalue weighted by atomic mass is 10.2. The minimum atomic E-state index is -0.164. The van der Waals surface area contributed by atoms with Crippen LogP contribution in [0.1, 0.15) is 23.9 Å². The molecule has 1 aromatic heterocycles. The third-order valence-corrected chi connectivity index (χ3v) is 4.99. The molecule has 0 spiro atoms. The zero-order valence-corrected chi connectivity index (χ0v) is 17.1. The molecule has 3 aromatic rings. The summed E-state index contributed by atoms with van der Waals surface area (Å²) in [5, 5.41) is 11.7. The molecule has 2 aromatic carbocycles. The molecule has 1 heterocycles. The Bertz CT molecular complexity index is 944. The molecule has 8 heteroatoms. The summed E-state index contributed by atoms with van der Waals surface area (Å²) in [6.45, 7) is 4.16. The van der Waals surface area contributed by atoms with Crippen molar-refractivity contribution >= 4 is 35.0 Å². The number of carbonyl (C=O) groups excluding carboxylic acids is 1. The van der Waals surface area contributed by atoms with Gasteiger partial charge >= 0.3 is 0 Å². The summed E-state index contributed by atoms with van der Waals surface area (Å²) in [4.78, 5) is 12.1. The average molecular weight is 418 g/mol. The number of aryl methyl sites for hydroxylation is 2. The Balaban J connectivity index is 1.46. The number of ether oxygens (including phenoxy) is 1. The maximum atomic E-state index is 12.1. The second kappa shape index (κ2) is 9.61. The van der Waals surface area contributed by atoms with E-state index in [4.69, 9.17) is 20.8 Å². The molecule has 1 amide bonds. The van der Waals surface area contributed by atoms with Crippen LogP contribution >= 0.6 is 23.4 Å². The number of amides is 1. The number of aromatic nitrogens is 2. The van der Waals surface area contributed by atoms with Gasteiger partial charge in [-0.3, -0.25) is 4.79 Å². The van der Waals surface area contributed by atoms with Crippen LogP contribution in [0, 0.1) is 6.92 Å². The van der Waals surface area contributed by atoms with Gasteiger partial charge in [0, 0.05) is 10.7 Å². The number of halogens is 1. The van der Waals surface area contributed by atoms with E-state index in [-0.39, 0.29) is 18.3 Å². The number of hydrogen-bond donors (Lipinski definition) is 1. The minimum absolute atomic E-state index is 0.156. The molecule has 3 rings (SSSR count). The Labute approximate surface area is 172 Å². The molecule has 0 unspecified atom stereocenters. The Morgan fingerprint density at radius 1 is 1.21 bits per heavy atom. The summed E-state index contributed by atoms with van der Waals surface area (Å²) in [7, 11) is 0. The molecule has 0 bridgehead atoms. The van der Waals surface area contributed by atoms with Crippen LogP contribution in [0.3, 0.4) is 0 Å². The fourth-order valence-corrected chi connectivity index (χ4v) is 3.21. The maximum absolute atomic E-state index is 12.1. The number of thioether (sulfide) groups is 1. The third-order valence-electron chi connectivity index (χ3n) is 3.93. The third kappa shape index (κ3) is 5.74. The highest BCUT2D eigenvalue weighted by molar-refractivity contribution is 7.99. The average Bonchev–Trinajstić information content (AvgIpc) is 3.15. The molecule has 28 heavy (non-hydrogen) atoms. The van der Waals surface area contributed by atoms with Crippen LogP contribution in [-0.4, -0.2) is 21.9 Å². The van der Waals surface area contributed by atoms with Crippen molar-refractivity contribution in [3.63, 3.8) is 0 Å². The highest BCUT2D eigenvalue weighted by Crippen LogP contribution is 2.21. The number of hydrogen-bond acceptors (Lipinski definition) is 6. The number of nitrogens with zero attached hydrogens (tertiary/aromatic N) is 2. The SMILES string of the molecule is CCc1ccc(OCc2nnc(SCC(=O)Nc3ccc(Cl)cc3C)o2)cc1. The monoisotopic (exact) mass is 417 g/mol. The molecule has 0 aliphatic carbocycles. The van der Waals surface area contributed by atoms with Crippen LogP contribution in [0.4, 0.5) is 5.69 Å². The fourth-order valence-electron chi connectivity index (χ4n) is 2.40. The van der Waals surface area contributed by atoms with Crippen molar-refractivity contribution in [2.75, 3.05) is 11.1 Å². The highest BCUT2D eigenvalue weighted by Gasteiger charge is 2.11. The van der Waals surface area contributed by atoms with E-state index in [9.17, 15) is 4.79 Å². The lowest BCUT2D eigenvalue weighted by Crippen LogP contribution is -2.14. The van der Waals surface area contributed by atoms with Crippen LogP contribution in [-0.2, 0) is 17.8 Å². The van der Waals surface area contributed by atoms with Gasteiger partial charge in [0.1, 0.15) is 5.75 Å². The fraction of sp³-hybridized carbons (Fsp3) is 0.250. The molecule has 0 aliphatic rings. The van der Waals surface area contributed by atoms with E-state index >= 15 is 0 Å². The van der Waals surface area contributed by atoms with Gasteiger partial charge in [-0.25, -0.2) is 0 Å². The molecule has 146 valence electrons. The first kappa shape index (κ1) is 20.2. The van der Waals surface area contributed by atoms with Gasteiger partial charge in [-0.15, -0.1) is 10.2 Å². The van der Waals surface area contributed by atoms with Gasteiger partial charge in [-0.1, -0.05) is 42.4 Å². The van der Waals surface area contributed by atoms with Crippen molar-refractivity contribution in [2.24, 2.45) is 0 Å². The van der Waals surface area contributed by atoms with E-state index in [2.05, 4.69) is 22.4 Å². The molecule has 6 nitrogen and oxygen atoms in total. The predicted octanol–water partition coefficient (Wildman–Crippen LogP) is 4.90. The second-order valence-electron chi connectivity index (χ2n) is 6.04. The standard InChI is InChI=1S/C20H20ClN3O3S/c1-3-14-4-7-16(8-5-14)26-11-19-23-24-20(27-19)28-12-18(25)22-17-9-6-15(21)10-13(17)2/h4-10H,3,11-12H2,1-2H3,(H,22,25). The zero-order valence-electron chi connectivity index (χ0n) is 15.6. The van der Waals surface area contributed by atoms with Crippen molar-refractivity contribution in [1.29, 1.82) is 0 Å². The van der Waals surface area contributed by atoms with Gasteiger partial charge in [-0.2, -0.15) is 0 Å². The Kier molecular flexibility index (Phi) is 6.95. The van der Waals surface area contributed by atoms with Gasteiger partial charge in [0.25, 0.3) is 11.1 Å². The molecule has 0 radical (unpaired) electrons. The molecule has 0 fully saturated rings. The summed E-state index contributed by atoms with van der Waals surface area (Å²) in [5.41, 5.74) is 2.87. The summed E-state index contributed by atoms with van der Waals surface area (Å²) >= 11 is 7.09. The van der Waals surface area contributed by atoms with E-state index in [0.29, 0.717) is 16.1 Å². The lowest BCUT2D eigenvalue weighted by Gasteiger charge is -2.07. The van der Waals surface area contributed by atoms with Crippen molar-refractivity contribution in [3.05, 3.63) is 64.5 Å². The molecule has 0 aliphatic heterocycles. The van der Waals surface area contributed by atoms with Crippen LogP contribution in [0.2, 0.25) is 5.02 Å². The Morgan fingerprint density at radius 3 is 2.71 bits per heavy atom. The number of anilines is 1. The number of benzene rings is 2. The number of rotatable bonds is 8. The van der Waals surface area contributed by atoms with E-state index in [1.54, 1.807) is 18.2 Å². The summed E-state index contributed by atoms with van der Waals surface area (Å²) in [5.74, 6) is 1.09. The highest BCUT2D eigenvalue weighted by atomic mass is 35.5. The topological polar surface area (TPSA) is 77.2 Å². The van der Waals surface area contributed by atoms with Gasteiger partial charge in [0.2, 0.25) is 5.91 Å². The molecular formula is C20H20ClN3O3S. The molecule has 1 N–H and O–H groups in total. The van der Waals surface area contributed by atoms with Crippen molar-refractivity contribution in [3.8, 4) is 5.75 Å². The largest absolute Gasteiger partial charge is 0.484 e. The quantitative estimate of drug-likeness (QED) is 0.525. The molecular weight excluding hydrogens is 398 g/mol. The van der Waals surface area contributed by atoms with E-state index < -0.39 is 0 Å². The first-order chi connectivity index (χ1) is 13.5. The zero-order chi connectivity index (χ0) is 19.9. The van der Waals surface area contributed by atoms with E-state index in [1.807, 2.05) is 31.2 Å². The van der Waals surface area contributed by atoms with E-state index in [0.717, 1.165) is 23.4 Å². The van der Waals surface area contributed by atoms with Crippen molar-refractivity contribution < 1.29 is 13.9 Å². The van der Waals surface area contributed by atoms with Crippen molar-refractivity contribution in [1.82, 2.24) is 10.2 Å². The van der Waals surface area contributed by atoms with Gasteiger partial charge in [-0.05, 0) is 54.8 Å². The number of nitrogens with one attached hydrogen (secondary N) is 1. The normalized spacial score (nSPS) is 10.7. The Hall–Kier alpha value is -2.51. The van der Waals surface area contributed by atoms with Crippen molar-refractivity contribution in [2.45, 2.75) is 32.1 Å². The van der Waals surface area contributed by atoms with Gasteiger partial charge in [0.05, 0.1) is 5.75 Å². The maximum Gasteiger partial charge on any atom is 0.277 e. The predicted molar refractivity (Wildman–Crippen MR) is 110 cm³/mol. The smallest absolute Gasteiger partial charge is 0.277 e.